The van der Waals surface area contributed by atoms with Gasteiger partial charge >= 0.3 is 0 Å². The second kappa shape index (κ2) is 9.37. The van der Waals surface area contributed by atoms with Gasteiger partial charge in [-0.15, -0.1) is 0 Å². The third-order valence-corrected chi connectivity index (χ3v) is 7.12. The van der Waals surface area contributed by atoms with Crippen LogP contribution in [0.1, 0.15) is 28.0 Å². The molecule has 2 N–H and O–H groups in total. The maximum Gasteiger partial charge on any atom is 0.272 e. The highest BCUT2D eigenvalue weighted by Crippen LogP contribution is 2.26. The van der Waals surface area contributed by atoms with Crippen molar-refractivity contribution in [1.82, 2.24) is 29.3 Å². The molecule has 2 aromatic heterocycles. The Morgan fingerprint density at radius 3 is 2.74 bits per heavy atom. The fourth-order valence-electron chi connectivity index (χ4n) is 5.13. The zero-order chi connectivity index (χ0) is 23.8. The molecule has 0 spiro atoms. The van der Waals surface area contributed by atoms with Gasteiger partial charge in [-0.3, -0.25) is 14.3 Å². The number of hydrogen-bond donors (Lipinski definition) is 2. The minimum Gasteiger partial charge on any atom is -0.390 e. The van der Waals surface area contributed by atoms with Gasteiger partial charge in [0.2, 0.25) is 5.95 Å². The number of rotatable bonds is 5. The molecular weight excluding hydrogens is 446 g/mol. The molecule has 182 valence electrons. The number of benzene rings is 1. The molecule has 0 saturated carbocycles. The molecule has 5 heterocycles. The zero-order valence-corrected chi connectivity index (χ0v) is 19.5. The van der Waals surface area contributed by atoms with Gasteiger partial charge in [0.25, 0.3) is 5.91 Å². The first-order chi connectivity index (χ1) is 17.1. The summed E-state index contributed by atoms with van der Waals surface area (Å²) < 4.78 is 6.92. The summed E-state index contributed by atoms with van der Waals surface area (Å²) in [6.45, 7) is 3.83. The maximum absolute atomic E-state index is 13.5. The van der Waals surface area contributed by atoms with E-state index in [1.165, 1.54) is 11.1 Å². The number of aliphatic hydroxyl groups excluding tert-OH is 1. The van der Waals surface area contributed by atoms with Crippen LogP contribution in [0.25, 0.3) is 5.95 Å². The molecule has 0 radical (unpaired) electrons. The molecule has 0 bridgehead atoms. The number of amides is 1. The summed E-state index contributed by atoms with van der Waals surface area (Å²) in [4.78, 5) is 30.7. The Morgan fingerprint density at radius 2 is 2.00 bits per heavy atom. The lowest BCUT2D eigenvalue weighted by molar-refractivity contribution is -0.0139. The number of aliphatic hydroxyl groups is 1. The fourth-order valence-corrected chi connectivity index (χ4v) is 5.13. The van der Waals surface area contributed by atoms with E-state index in [9.17, 15) is 9.90 Å². The Bertz CT molecular complexity index is 1200. The number of likely N-dealkylation sites (tertiary alicyclic amines) is 1. The van der Waals surface area contributed by atoms with Crippen molar-refractivity contribution in [2.45, 2.75) is 37.6 Å². The van der Waals surface area contributed by atoms with Crippen LogP contribution in [0.3, 0.4) is 0 Å². The Balaban J connectivity index is 1.17. The second-order valence-electron chi connectivity index (χ2n) is 9.45. The van der Waals surface area contributed by atoms with E-state index in [4.69, 9.17) is 4.74 Å². The average Bonchev–Trinajstić information content (AvgIpc) is 3.40. The Morgan fingerprint density at radius 1 is 1.14 bits per heavy atom. The van der Waals surface area contributed by atoms with Crippen molar-refractivity contribution in [3.8, 4) is 5.95 Å². The van der Waals surface area contributed by atoms with Crippen LogP contribution < -0.4 is 5.32 Å². The number of carbonyl (C=O) groups excluding carboxylic acids is 1. The zero-order valence-electron chi connectivity index (χ0n) is 19.5. The predicted molar refractivity (Wildman–Crippen MR) is 128 cm³/mol. The van der Waals surface area contributed by atoms with Crippen molar-refractivity contribution >= 4 is 11.7 Å². The highest BCUT2D eigenvalue weighted by atomic mass is 16.5. The Kier molecular flexibility index (Phi) is 5.93. The van der Waals surface area contributed by atoms with E-state index in [2.05, 4.69) is 49.4 Å². The van der Waals surface area contributed by atoms with Crippen LogP contribution in [-0.2, 0) is 17.7 Å². The van der Waals surface area contributed by atoms with Crippen LogP contribution in [0, 0.1) is 0 Å². The molecule has 1 amide bonds. The van der Waals surface area contributed by atoms with E-state index >= 15 is 0 Å². The minimum absolute atomic E-state index is 0.0372. The van der Waals surface area contributed by atoms with Gasteiger partial charge in [-0.1, -0.05) is 24.3 Å². The van der Waals surface area contributed by atoms with Gasteiger partial charge in [0.1, 0.15) is 17.8 Å². The number of carbonyl (C=O) groups is 1. The number of piperidine rings is 1. The van der Waals surface area contributed by atoms with Gasteiger partial charge in [-0.05, 0) is 24.0 Å². The number of ether oxygens (including phenoxy) is 1. The number of hydrogen-bond acceptors (Lipinski definition) is 8. The quantitative estimate of drug-likeness (QED) is 0.565. The molecule has 3 aliphatic rings. The SMILES string of the molecule is O=C(c1cc(NC2COC2)nc(-n2ccnc2)n1)N1CCC(N2CCc3ccccc3C2)[C@H](O)C1. The van der Waals surface area contributed by atoms with Crippen LogP contribution >= 0.6 is 0 Å². The Hall–Kier alpha value is -3.34. The predicted octanol–water partition coefficient (Wildman–Crippen LogP) is 1.11. The third-order valence-electron chi connectivity index (χ3n) is 7.12. The molecule has 3 aromatic rings. The summed E-state index contributed by atoms with van der Waals surface area (Å²) in [6.07, 6.45) is 6.08. The number of nitrogens with zero attached hydrogens (tertiary/aromatic N) is 6. The lowest BCUT2D eigenvalue weighted by Crippen LogP contribution is -2.56. The van der Waals surface area contributed by atoms with Gasteiger partial charge in [-0.25, -0.2) is 9.97 Å². The van der Waals surface area contributed by atoms with Crippen molar-refractivity contribution in [1.29, 1.82) is 0 Å². The maximum atomic E-state index is 13.5. The Labute approximate surface area is 203 Å². The number of imidazole rings is 1. The van der Waals surface area contributed by atoms with Crippen LogP contribution in [0.5, 0.6) is 0 Å². The summed E-state index contributed by atoms with van der Waals surface area (Å²) in [5, 5.41) is 14.4. The third kappa shape index (κ3) is 4.52. The number of nitrogens with one attached hydrogen (secondary N) is 1. The van der Waals surface area contributed by atoms with E-state index in [-0.39, 0.29) is 24.5 Å². The highest BCUT2D eigenvalue weighted by Gasteiger charge is 2.36. The van der Waals surface area contributed by atoms with Crippen LogP contribution in [-0.4, -0.2) is 91.4 Å². The molecule has 1 unspecified atom stereocenters. The number of β-amino-alcohol motifs (C(OH)–C–C–N with tert-alkyl or cyclic N) is 1. The first kappa shape index (κ1) is 22.1. The van der Waals surface area contributed by atoms with Crippen molar-refractivity contribution in [2.75, 3.05) is 38.2 Å². The lowest BCUT2D eigenvalue weighted by atomic mass is 9.94. The largest absolute Gasteiger partial charge is 0.390 e. The standard InChI is InChI=1S/C25H29N7O3/c33-22-13-31(9-6-21(22)30-8-5-17-3-1-2-4-18(17)12-30)24(34)20-11-23(27-19-14-35-15-19)29-25(28-20)32-10-7-26-16-32/h1-4,7,10-11,16,19,21-22,33H,5-6,8-9,12-15H2,(H,27,28,29)/t21?,22-/m1/s1. The van der Waals surface area contributed by atoms with Gasteiger partial charge in [-0.2, -0.15) is 4.98 Å². The van der Waals surface area contributed by atoms with Gasteiger partial charge in [0.05, 0.1) is 25.4 Å². The van der Waals surface area contributed by atoms with Gasteiger partial charge in [0, 0.05) is 50.7 Å². The molecule has 2 fully saturated rings. The number of fused-ring (bicyclic) bond motifs is 1. The molecule has 2 saturated heterocycles. The van der Waals surface area contributed by atoms with Crippen molar-refractivity contribution in [3.63, 3.8) is 0 Å². The van der Waals surface area contributed by atoms with Crippen LogP contribution in [0.2, 0.25) is 0 Å². The fraction of sp³-hybridized carbons (Fsp3) is 0.440. The highest BCUT2D eigenvalue weighted by molar-refractivity contribution is 5.93. The molecule has 3 aliphatic heterocycles. The van der Waals surface area contributed by atoms with E-state index < -0.39 is 6.10 Å². The molecule has 2 atom stereocenters. The van der Waals surface area contributed by atoms with Crippen LogP contribution in [0.15, 0.2) is 49.1 Å². The monoisotopic (exact) mass is 475 g/mol. The topological polar surface area (TPSA) is 109 Å². The normalized spacial score (nSPS) is 22.9. The van der Waals surface area contributed by atoms with E-state index in [0.717, 1.165) is 25.9 Å². The smallest absolute Gasteiger partial charge is 0.272 e. The van der Waals surface area contributed by atoms with Gasteiger partial charge < -0.3 is 20.1 Å². The molecule has 6 rings (SSSR count). The lowest BCUT2D eigenvalue weighted by Gasteiger charge is -2.43. The second-order valence-corrected chi connectivity index (χ2v) is 9.45. The summed E-state index contributed by atoms with van der Waals surface area (Å²) in [7, 11) is 0. The number of anilines is 1. The summed E-state index contributed by atoms with van der Waals surface area (Å²) in [5.74, 6) is 0.740. The van der Waals surface area contributed by atoms with Crippen LogP contribution in [0.4, 0.5) is 5.82 Å². The molecular formula is C25H29N7O3. The van der Waals surface area contributed by atoms with Crippen molar-refractivity contribution in [2.24, 2.45) is 0 Å². The first-order valence-corrected chi connectivity index (χ1v) is 12.1. The summed E-state index contributed by atoms with van der Waals surface area (Å²) in [6, 6.07) is 10.4. The average molecular weight is 476 g/mol. The van der Waals surface area contributed by atoms with E-state index in [1.54, 1.807) is 34.3 Å². The first-order valence-electron chi connectivity index (χ1n) is 12.1. The van der Waals surface area contributed by atoms with Crippen molar-refractivity contribution < 1.29 is 14.6 Å². The molecule has 1 aromatic carbocycles. The molecule has 35 heavy (non-hydrogen) atoms. The molecule has 10 nitrogen and oxygen atoms in total. The van der Waals surface area contributed by atoms with Crippen molar-refractivity contribution in [3.05, 3.63) is 65.9 Å². The summed E-state index contributed by atoms with van der Waals surface area (Å²) in [5.41, 5.74) is 3.01. The summed E-state index contributed by atoms with van der Waals surface area (Å²) >= 11 is 0. The van der Waals surface area contributed by atoms with E-state index in [1.807, 2.05) is 0 Å². The van der Waals surface area contributed by atoms with Gasteiger partial charge in [0.15, 0.2) is 0 Å². The molecule has 0 aliphatic carbocycles. The number of aromatic nitrogens is 4. The minimum atomic E-state index is -0.613. The molecule has 10 heteroatoms. The van der Waals surface area contributed by atoms with E-state index in [0.29, 0.717) is 37.2 Å².